The summed E-state index contributed by atoms with van der Waals surface area (Å²) in [4.78, 5) is 0. The van der Waals surface area contributed by atoms with Crippen LogP contribution in [0, 0.1) is 11.8 Å². The zero-order valence-corrected chi connectivity index (χ0v) is 9.45. The molecular formula is C12H21Cl. The van der Waals surface area contributed by atoms with Gasteiger partial charge in [0.25, 0.3) is 0 Å². The van der Waals surface area contributed by atoms with Crippen LogP contribution in [-0.4, -0.2) is 0 Å². The fourth-order valence-electron chi connectivity index (χ4n) is 2.45. The molecule has 0 aromatic carbocycles. The van der Waals surface area contributed by atoms with E-state index in [2.05, 4.69) is 13.5 Å². The Kier molecular flexibility index (Phi) is 4.87. The molecule has 0 radical (unpaired) electrons. The summed E-state index contributed by atoms with van der Waals surface area (Å²) in [7, 11) is 0. The number of hydrogen-bond donors (Lipinski definition) is 0. The highest BCUT2D eigenvalue weighted by Crippen LogP contribution is 2.34. The normalized spacial score (nSPS) is 28.8. The Bertz CT molecular complexity index is 155. The molecular weight excluding hydrogens is 180 g/mol. The third kappa shape index (κ3) is 4.17. The van der Waals surface area contributed by atoms with Gasteiger partial charge in [-0.05, 0) is 31.1 Å². The Hall–Kier alpha value is 0.0300. The average molecular weight is 201 g/mol. The zero-order chi connectivity index (χ0) is 9.68. The highest BCUT2D eigenvalue weighted by Gasteiger charge is 2.20. The second kappa shape index (κ2) is 5.70. The minimum atomic E-state index is 0.832. The summed E-state index contributed by atoms with van der Waals surface area (Å²) in [6, 6.07) is 0. The van der Waals surface area contributed by atoms with Crippen molar-refractivity contribution in [2.45, 2.75) is 51.9 Å². The maximum Gasteiger partial charge on any atom is 0.0112 e. The number of rotatable bonds is 4. The van der Waals surface area contributed by atoms with Crippen molar-refractivity contribution in [2.24, 2.45) is 11.8 Å². The minimum absolute atomic E-state index is 0.832. The third-order valence-electron chi connectivity index (χ3n) is 3.17. The van der Waals surface area contributed by atoms with E-state index >= 15 is 0 Å². The summed E-state index contributed by atoms with van der Waals surface area (Å²) in [5.74, 6) is 1.84. The predicted molar refractivity (Wildman–Crippen MR) is 60.0 cm³/mol. The summed E-state index contributed by atoms with van der Waals surface area (Å²) in [5.41, 5.74) is 0. The van der Waals surface area contributed by atoms with Crippen molar-refractivity contribution < 1.29 is 0 Å². The third-order valence-corrected chi connectivity index (χ3v) is 3.33. The van der Waals surface area contributed by atoms with Gasteiger partial charge >= 0.3 is 0 Å². The first-order valence-corrected chi connectivity index (χ1v) is 5.93. The molecule has 0 aromatic heterocycles. The molecule has 0 saturated heterocycles. The molecule has 1 fully saturated rings. The van der Waals surface area contributed by atoms with Gasteiger partial charge in [-0.3, -0.25) is 0 Å². The predicted octanol–water partition coefficient (Wildman–Crippen LogP) is 4.74. The molecule has 0 spiro atoms. The smallest absolute Gasteiger partial charge is 0.0112 e. The number of hydrogen-bond acceptors (Lipinski definition) is 0. The van der Waals surface area contributed by atoms with Crippen LogP contribution in [-0.2, 0) is 0 Å². The fourth-order valence-corrected chi connectivity index (χ4v) is 2.66. The van der Waals surface area contributed by atoms with Gasteiger partial charge in [-0.1, -0.05) is 50.8 Å². The molecule has 76 valence electrons. The molecule has 1 saturated carbocycles. The van der Waals surface area contributed by atoms with Gasteiger partial charge in [-0.25, -0.2) is 0 Å². The van der Waals surface area contributed by atoms with Gasteiger partial charge in [0.1, 0.15) is 0 Å². The van der Waals surface area contributed by atoms with Gasteiger partial charge in [-0.15, -0.1) is 0 Å². The molecule has 1 rings (SSSR count). The lowest BCUT2D eigenvalue weighted by Crippen LogP contribution is -2.14. The van der Waals surface area contributed by atoms with Crippen LogP contribution in [0.3, 0.4) is 0 Å². The molecule has 1 aliphatic carbocycles. The van der Waals surface area contributed by atoms with E-state index in [-0.39, 0.29) is 0 Å². The van der Waals surface area contributed by atoms with Crippen molar-refractivity contribution in [1.29, 1.82) is 0 Å². The Morgan fingerprint density at radius 2 is 1.77 bits per heavy atom. The van der Waals surface area contributed by atoms with E-state index in [0.717, 1.165) is 23.3 Å². The molecule has 0 N–H and O–H groups in total. The Labute approximate surface area is 87.4 Å². The van der Waals surface area contributed by atoms with Crippen molar-refractivity contribution >= 4 is 11.6 Å². The van der Waals surface area contributed by atoms with Crippen LogP contribution in [0.15, 0.2) is 11.6 Å². The van der Waals surface area contributed by atoms with Gasteiger partial charge in [-0.2, -0.15) is 0 Å². The molecule has 0 unspecified atom stereocenters. The second-order valence-electron chi connectivity index (χ2n) is 4.40. The molecule has 0 nitrogen and oxygen atoms in total. The summed E-state index contributed by atoms with van der Waals surface area (Å²) in [5, 5.41) is 0.846. The molecule has 1 aliphatic rings. The van der Waals surface area contributed by atoms with Crippen LogP contribution in [0.5, 0.6) is 0 Å². The molecule has 13 heavy (non-hydrogen) atoms. The zero-order valence-electron chi connectivity index (χ0n) is 8.69. The lowest BCUT2D eigenvalue weighted by molar-refractivity contribution is 0.262. The van der Waals surface area contributed by atoms with E-state index < -0.39 is 0 Å². The van der Waals surface area contributed by atoms with Gasteiger partial charge in [0, 0.05) is 5.03 Å². The quantitative estimate of drug-likeness (QED) is 0.615. The van der Waals surface area contributed by atoms with Crippen LogP contribution in [0.1, 0.15) is 51.9 Å². The Morgan fingerprint density at radius 1 is 1.23 bits per heavy atom. The Balaban J connectivity index is 2.18. The SMILES string of the molecule is C=C(Cl)CC1CCC(CCC)CC1. The maximum atomic E-state index is 5.81. The van der Waals surface area contributed by atoms with E-state index in [4.69, 9.17) is 11.6 Å². The minimum Gasteiger partial charge on any atom is -0.0898 e. The summed E-state index contributed by atoms with van der Waals surface area (Å²) < 4.78 is 0. The maximum absolute atomic E-state index is 5.81. The molecule has 0 amide bonds. The van der Waals surface area contributed by atoms with E-state index in [1.165, 1.54) is 38.5 Å². The first-order valence-electron chi connectivity index (χ1n) is 5.55. The van der Waals surface area contributed by atoms with Crippen LogP contribution in [0.2, 0.25) is 0 Å². The van der Waals surface area contributed by atoms with E-state index in [0.29, 0.717) is 0 Å². The molecule has 0 heterocycles. The van der Waals surface area contributed by atoms with Gasteiger partial charge in [0.15, 0.2) is 0 Å². The van der Waals surface area contributed by atoms with Crippen LogP contribution < -0.4 is 0 Å². The summed E-state index contributed by atoms with van der Waals surface area (Å²) >= 11 is 5.81. The largest absolute Gasteiger partial charge is 0.0898 e. The molecule has 0 atom stereocenters. The van der Waals surface area contributed by atoms with Crippen molar-refractivity contribution in [2.75, 3.05) is 0 Å². The molecule has 0 bridgehead atoms. The lowest BCUT2D eigenvalue weighted by atomic mass is 9.79. The van der Waals surface area contributed by atoms with Crippen molar-refractivity contribution in [1.82, 2.24) is 0 Å². The Morgan fingerprint density at radius 3 is 2.23 bits per heavy atom. The van der Waals surface area contributed by atoms with Gasteiger partial charge < -0.3 is 0 Å². The number of halogens is 1. The van der Waals surface area contributed by atoms with Crippen molar-refractivity contribution in [3.63, 3.8) is 0 Å². The average Bonchev–Trinajstić information content (AvgIpc) is 2.08. The van der Waals surface area contributed by atoms with Crippen molar-refractivity contribution in [3.05, 3.63) is 11.6 Å². The fraction of sp³-hybridized carbons (Fsp3) is 0.833. The van der Waals surface area contributed by atoms with Crippen LogP contribution in [0.25, 0.3) is 0 Å². The van der Waals surface area contributed by atoms with Gasteiger partial charge in [0.05, 0.1) is 0 Å². The molecule has 0 aromatic rings. The van der Waals surface area contributed by atoms with Crippen LogP contribution >= 0.6 is 11.6 Å². The van der Waals surface area contributed by atoms with Crippen molar-refractivity contribution in [3.8, 4) is 0 Å². The number of allylic oxidation sites excluding steroid dienone is 1. The first kappa shape index (κ1) is 11.1. The van der Waals surface area contributed by atoms with E-state index in [1.54, 1.807) is 0 Å². The molecule has 0 aliphatic heterocycles. The first-order chi connectivity index (χ1) is 6.22. The standard InChI is InChI=1S/C12H21Cl/c1-3-4-11-5-7-12(8-6-11)9-10(2)13/h11-12H,2-9H2,1H3. The van der Waals surface area contributed by atoms with E-state index in [1.807, 2.05) is 0 Å². The molecule has 1 heteroatoms. The lowest BCUT2D eigenvalue weighted by Gasteiger charge is -2.28. The topological polar surface area (TPSA) is 0 Å². The monoisotopic (exact) mass is 200 g/mol. The second-order valence-corrected chi connectivity index (χ2v) is 4.93. The van der Waals surface area contributed by atoms with Crippen LogP contribution in [0.4, 0.5) is 0 Å². The highest BCUT2D eigenvalue weighted by atomic mass is 35.5. The summed E-state index contributed by atoms with van der Waals surface area (Å²) in [6.07, 6.45) is 9.39. The highest BCUT2D eigenvalue weighted by molar-refractivity contribution is 6.29. The van der Waals surface area contributed by atoms with E-state index in [9.17, 15) is 0 Å². The summed E-state index contributed by atoms with van der Waals surface area (Å²) in [6.45, 7) is 6.05. The van der Waals surface area contributed by atoms with Gasteiger partial charge in [0.2, 0.25) is 0 Å².